The molecule has 2 heterocycles. The average Bonchev–Trinajstić information content (AvgIpc) is 2.92. The molecule has 4 nitrogen and oxygen atoms in total. The van der Waals surface area contributed by atoms with Crippen molar-refractivity contribution in [3.63, 3.8) is 0 Å². The quantitative estimate of drug-likeness (QED) is 0.856. The lowest BCUT2D eigenvalue weighted by molar-refractivity contribution is 0.0961. The molecule has 4 heteroatoms. The minimum absolute atomic E-state index is 0.664. The molecule has 17 heavy (non-hydrogen) atoms. The summed E-state index contributed by atoms with van der Waals surface area (Å²) in [7, 11) is 0. The fourth-order valence-corrected chi connectivity index (χ4v) is 3.02. The number of likely N-dealkylation sites (tertiary alicyclic amines) is 1. The molecule has 0 bridgehead atoms. The first-order valence-corrected chi connectivity index (χ1v) is 6.81. The van der Waals surface area contributed by atoms with Gasteiger partial charge in [-0.2, -0.15) is 5.10 Å². The average molecular weight is 234 g/mol. The summed E-state index contributed by atoms with van der Waals surface area (Å²) in [5.41, 5.74) is 6.84. The van der Waals surface area contributed by atoms with Crippen LogP contribution in [0.1, 0.15) is 37.4 Å². The van der Waals surface area contributed by atoms with Gasteiger partial charge in [-0.15, -0.1) is 0 Å². The van der Waals surface area contributed by atoms with Gasteiger partial charge in [-0.05, 0) is 31.4 Å². The zero-order valence-electron chi connectivity index (χ0n) is 10.4. The van der Waals surface area contributed by atoms with Crippen LogP contribution < -0.4 is 5.73 Å². The van der Waals surface area contributed by atoms with E-state index in [2.05, 4.69) is 21.8 Å². The zero-order valence-corrected chi connectivity index (χ0v) is 10.4. The largest absolute Gasteiger partial charge is 0.330 e. The summed E-state index contributed by atoms with van der Waals surface area (Å²) in [5, 5.41) is 4.71. The highest BCUT2D eigenvalue weighted by Crippen LogP contribution is 2.29. The maximum atomic E-state index is 5.63. The number of rotatable bonds is 4. The van der Waals surface area contributed by atoms with Crippen molar-refractivity contribution in [2.45, 2.75) is 38.3 Å². The standard InChI is InChI=1S/C13H22N4/c14-7-11-8-16(9-11)10-12-5-6-17(15-12)13-3-1-2-4-13/h5-6,11,13H,1-4,7-10,14H2. The third-order valence-electron chi connectivity index (χ3n) is 4.11. The lowest BCUT2D eigenvalue weighted by Crippen LogP contribution is -2.49. The van der Waals surface area contributed by atoms with E-state index in [0.29, 0.717) is 12.0 Å². The second-order valence-electron chi connectivity index (χ2n) is 5.52. The van der Waals surface area contributed by atoms with Crippen LogP contribution >= 0.6 is 0 Å². The van der Waals surface area contributed by atoms with Crippen molar-refractivity contribution in [3.8, 4) is 0 Å². The number of hydrogen-bond acceptors (Lipinski definition) is 3. The van der Waals surface area contributed by atoms with E-state index >= 15 is 0 Å². The van der Waals surface area contributed by atoms with Gasteiger partial charge in [0.05, 0.1) is 11.7 Å². The third-order valence-corrected chi connectivity index (χ3v) is 4.11. The van der Waals surface area contributed by atoms with E-state index in [-0.39, 0.29) is 0 Å². The lowest BCUT2D eigenvalue weighted by Gasteiger charge is -2.38. The van der Waals surface area contributed by atoms with Crippen molar-refractivity contribution in [2.24, 2.45) is 11.7 Å². The van der Waals surface area contributed by atoms with Crippen LogP contribution in [0.4, 0.5) is 0 Å². The van der Waals surface area contributed by atoms with Crippen molar-refractivity contribution < 1.29 is 0 Å². The smallest absolute Gasteiger partial charge is 0.0764 e. The van der Waals surface area contributed by atoms with Gasteiger partial charge in [-0.25, -0.2) is 0 Å². The Morgan fingerprint density at radius 2 is 2.06 bits per heavy atom. The van der Waals surface area contributed by atoms with Crippen LogP contribution in [-0.2, 0) is 6.54 Å². The monoisotopic (exact) mass is 234 g/mol. The molecule has 2 aliphatic rings. The van der Waals surface area contributed by atoms with E-state index in [0.717, 1.165) is 26.2 Å². The minimum Gasteiger partial charge on any atom is -0.330 e. The van der Waals surface area contributed by atoms with Gasteiger partial charge >= 0.3 is 0 Å². The highest BCUT2D eigenvalue weighted by Gasteiger charge is 2.26. The summed E-state index contributed by atoms with van der Waals surface area (Å²) < 4.78 is 2.18. The van der Waals surface area contributed by atoms with Crippen LogP contribution in [0.2, 0.25) is 0 Å². The van der Waals surface area contributed by atoms with Crippen molar-refractivity contribution >= 4 is 0 Å². The Morgan fingerprint density at radius 3 is 2.76 bits per heavy atom. The van der Waals surface area contributed by atoms with Crippen molar-refractivity contribution in [1.29, 1.82) is 0 Å². The van der Waals surface area contributed by atoms with Gasteiger partial charge in [0, 0.05) is 25.8 Å². The van der Waals surface area contributed by atoms with Gasteiger partial charge in [0.1, 0.15) is 0 Å². The van der Waals surface area contributed by atoms with E-state index in [1.54, 1.807) is 0 Å². The number of aromatic nitrogens is 2. The van der Waals surface area contributed by atoms with Crippen LogP contribution in [0.3, 0.4) is 0 Å². The molecular formula is C13H22N4. The van der Waals surface area contributed by atoms with Crippen LogP contribution in [0, 0.1) is 5.92 Å². The molecule has 1 aliphatic heterocycles. The lowest BCUT2D eigenvalue weighted by atomic mass is 10.0. The predicted octanol–water partition coefficient (Wildman–Crippen LogP) is 1.39. The molecule has 0 amide bonds. The van der Waals surface area contributed by atoms with E-state index in [1.165, 1.54) is 31.4 Å². The molecule has 1 aromatic heterocycles. The predicted molar refractivity (Wildman–Crippen MR) is 67.6 cm³/mol. The summed E-state index contributed by atoms with van der Waals surface area (Å²) in [6.45, 7) is 4.11. The number of nitrogens with zero attached hydrogens (tertiary/aromatic N) is 3. The normalized spacial score (nSPS) is 23.1. The van der Waals surface area contributed by atoms with Crippen LogP contribution in [0.25, 0.3) is 0 Å². The van der Waals surface area contributed by atoms with E-state index in [9.17, 15) is 0 Å². The summed E-state index contributed by atoms with van der Waals surface area (Å²) in [6.07, 6.45) is 7.50. The molecular weight excluding hydrogens is 212 g/mol. The van der Waals surface area contributed by atoms with Gasteiger partial charge in [-0.3, -0.25) is 9.58 Å². The second-order valence-corrected chi connectivity index (χ2v) is 5.52. The van der Waals surface area contributed by atoms with Gasteiger partial charge in [-0.1, -0.05) is 12.8 Å². The summed E-state index contributed by atoms with van der Waals surface area (Å²) in [6, 6.07) is 2.84. The minimum atomic E-state index is 0.664. The Hall–Kier alpha value is -0.870. The summed E-state index contributed by atoms with van der Waals surface area (Å²) in [5.74, 6) is 0.715. The molecule has 2 fully saturated rings. The molecule has 1 aromatic rings. The maximum absolute atomic E-state index is 5.63. The fourth-order valence-electron chi connectivity index (χ4n) is 3.02. The number of nitrogens with two attached hydrogens (primary N) is 1. The Morgan fingerprint density at radius 1 is 1.29 bits per heavy atom. The van der Waals surface area contributed by atoms with Gasteiger partial charge in [0.2, 0.25) is 0 Å². The second kappa shape index (κ2) is 4.78. The molecule has 0 spiro atoms. The van der Waals surface area contributed by atoms with Gasteiger partial charge < -0.3 is 5.73 Å². The van der Waals surface area contributed by atoms with Crippen LogP contribution in [0.15, 0.2) is 12.3 Å². The van der Waals surface area contributed by atoms with Crippen LogP contribution in [-0.4, -0.2) is 34.3 Å². The van der Waals surface area contributed by atoms with E-state index in [4.69, 9.17) is 10.8 Å². The first kappa shape index (κ1) is 11.2. The topological polar surface area (TPSA) is 47.1 Å². The molecule has 1 saturated heterocycles. The first-order valence-electron chi connectivity index (χ1n) is 6.81. The number of hydrogen-bond donors (Lipinski definition) is 1. The molecule has 0 aromatic carbocycles. The van der Waals surface area contributed by atoms with Gasteiger partial charge in [0.15, 0.2) is 0 Å². The maximum Gasteiger partial charge on any atom is 0.0764 e. The summed E-state index contributed by atoms with van der Waals surface area (Å²) in [4.78, 5) is 2.43. The zero-order chi connectivity index (χ0) is 11.7. The molecule has 94 valence electrons. The first-order chi connectivity index (χ1) is 8.35. The molecule has 1 aliphatic carbocycles. The van der Waals surface area contributed by atoms with Crippen molar-refractivity contribution in [2.75, 3.05) is 19.6 Å². The summed E-state index contributed by atoms with van der Waals surface area (Å²) >= 11 is 0. The molecule has 0 atom stereocenters. The highest BCUT2D eigenvalue weighted by molar-refractivity contribution is 5.01. The Labute approximate surface area is 103 Å². The molecule has 1 saturated carbocycles. The fraction of sp³-hybridized carbons (Fsp3) is 0.769. The van der Waals surface area contributed by atoms with Crippen molar-refractivity contribution in [1.82, 2.24) is 14.7 Å². The van der Waals surface area contributed by atoms with E-state index in [1.807, 2.05) is 0 Å². The Balaban J connectivity index is 1.54. The molecule has 0 unspecified atom stereocenters. The Bertz CT molecular complexity index is 361. The molecule has 2 N–H and O–H groups in total. The third kappa shape index (κ3) is 2.38. The SMILES string of the molecule is NCC1CN(Cc2ccn(C3CCCC3)n2)C1. The van der Waals surface area contributed by atoms with Crippen LogP contribution in [0.5, 0.6) is 0 Å². The highest BCUT2D eigenvalue weighted by atomic mass is 15.3. The molecule has 0 radical (unpaired) electrons. The Kier molecular flexibility index (Phi) is 3.16. The van der Waals surface area contributed by atoms with Crippen molar-refractivity contribution in [3.05, 3.63) is 18.0 Å². The van der Waals surface area contributed by atoms with E-state index < -0.39 is 0 Å². The molecule has 3 rings (SSSR count). The van der Waals surface area contributed by atoms with Gasteiger partial charge in [0.25, 0.3) is 0 Å².